The maximum atomic E-state index is 13.7. The molecule has 136 valence electrons. The van der Waals surface area contributed by atoms with Crippen molar-refractivity contribution in [2.45, 2.75) is 20.0 Å². The van der Waals surface area contributed by atoms with Crippen molar-refractivity contribution in [3.8, 4) is 11.4 Å². The highest BCUT2D eigenvalue weighted by molar-refractivity contribution is 5.82. The van der Waals surface area contributed by atoms with Crippen molar-refractivity contribution in [2.75, 3.05) is 5.73 Å². The minimum absolute atomic E-state index is 0.266. The van der Waals surface area contributed by atoms with E-state index in [4.69, 9.17) is 10.5 Å². The standard InChI is InChI=1S/C19H17FN6O/c1-11-6-15-13(9-22-11)7-17(19(21)25-15)27-12(2)18-16(8-14(20)10-23-18)26-5-3-4-24-26/h3-10,12H,1-2H3,(H2,21,25). The number of ether oxygens (including phenoxy) is 1. The van der Waals surface area contributed by atoms with Crippen LogP contribution in [-0.2, 0) is 0 Å². The molecule has 27 heavy (non-hydrogen) atoms. The molecular formula is C19H17FN6O. The molecule has 4 aromatic rings. The Morgan fingerprint density at radius 3 is 2.81 bits per heavy atom. The molecule has 0 saturated heterocycles. The van der Waals surface area contributed by atoms with Gasteiger partial charge in [-0.05, 0) is 32.0 Å². The Labute approximate surface area is 154 Å². The van der Waals surface area contributed by atoms with Gasteiger partial charge in [-0.2, -0.15) is 5.10 Å². The molecule has 1 unspecified atom stereocenters. The number of aryl methyl sites for hydroxylation is 1. The van der Waals surface area contributed by atoms with Crippen LogP contribution in [0.5, 0.6) is 5.75 Å². The van der Waals surface area contributed by atoms with Gasteiger partial charge in [0.2, 0.25) is 0 Å². The van der Waals surface area contributed by atoms with Gasteiger partial charge in [0, 0.05) is 35.7 Å². The molecule has 0 aliphatic rings. The number of aromatic nitrogens is 5. The summed E-state index contributed by atoms with van der Waals surface area (Å²) < 4.78 is 21.3. The van der Waals surface area contributed by atoms with Gasteiger partial charge in [0.1, 0.15) is 17.6 Å². The van der Waals surface area contributed by atoms with Gasteiger partial charge in [-0.25, -0.2) is 14.1 Å². The van der Waals surface area contributed by atoms with Crippen LogP contribution < -0.4 is 10.5 Å². The van der Waals surface area contributed by atoms with Crippen LogP contribution in [0.3, 0.4) is 0 Å². The topological polar surface area (TPSA) is 91.7 Å². The number of nitrogens with zero attached hydrogens (tertiary/aromatic N) is 5. The van der Waals surface area contributed by atoms with E-state index in [1.54, 1.807) is 35.4 Å². The first-order valence-corrected chi connectivity index (χ1v) is 8.36. The summed E-state index contributed by atoms with van der Waals surface area (Å²) in [4.78, 5) is 12.9. The normalized spacial score (nSPS) is 12.3. The van der Waals surface area contributed by atoms with Gasteiger partial charge in [0.25, 0.3) is 0 Å². The Hall–Kier alpha value is -3.55. The lowest BCUT2D eigenvalue weighted by atomic mass is 10.2. The second kappa shape index (κ2) is 6.64. The van der Waals surface area contributed by atoms with E-state index in [0.29, 0.717) is 17.1 Å². The minimum atomic E-state index is -0.509. The molecule has 0 amide bonds. The lowest BCUT2D eigenvalue weighted by molar-refractivity contribution is 0.222. The molecule has 0 radical (unpaired) electrons. The summed E-state index contributed by atoms with van der Waals surface area (Å²) in [6, 6.07) is 6.76. The van der Waals surface area contributed by atoms with E-state index in [-0.39, 0.29) is 5.82 Å². The SMILES string of the molecule is Cc1cc2nc(N)c(OC(C)c3ncc(F)cc3-n3cccn3)cc2cn1. The predicted octanol–water partition coefficient (Wildman–Crippen LogP) is 3.38. The van der Waals surface area contributed by atoms with E-state index in [1.165, 1.54) is 6.07 Å². The van der Waals surface area contributed by atoms with Crippen molar-refractivity contribution in [2.24, 2.45) is 0 Å². The maximum Gasteiger partial charge on any atom is 0.166 e. The molecule has 8 heteroatoms. The van der Waals surface area contributed by atoms with Gasteiger partial charge in [-0.1, -0.05) is 0 Å². The van der Waals surface area contributed by atoms with Crippen molar-refractivity contribution in [1.29, 1.82) is 0 Å². The second-order valence-corrected chi connectivity index (χ2v) is 6.16. The van der Waals surface area contributed by atoms with Gasteiger partial charge in [-0.3, -0.25) is 9.97 Å². The summed E-state index contributed by atoms with van der Waals surface area (Å²) >= 11 is 0. The molecular weight excluding hydrogens is 347 g/mol. The number of anilines is 1. The van der Waals surface area contributed by atoms with Gasteiger partial charge in [-0.15, -0.1) is 0 Å². The Kier molecular flexibility index (Phi) is 4.15. The number of nitrogen functional groups attached to an aromatic ring is 1. The zero-order valence-electron chi connectivity index (χ0n) is 14.8. The molecule has 4 heterocycles. The molecule has 7 nitrogen and oxygen atoms in total. The summed E-state index contributed by atoms with van der Waals surface area (Å²) in [7, 11) is 0. The van der Waals surface area contributed by atoms with Crippen LogP contribution in [0.15, 0.2) is 49.1 Å². The van der Waals surface area contributed by atoms with E-state index >= 15 is 0 Å². The maximum absolute atomic E-state index is 13.7. The fourth-order valence-corrected chi connectivity index (χ4v) is 2.85. The number of nitrogens with two attached hydrogens (primary N) is 1. The van der Waals surface area contributed by atoms with Crippen LogP contribution in [0.25, 0.3) is 16.6 Å². The lowest BCUT2D eigenvalue weighted by Gasteiger charge is -2.18. The Balaban J connectivity index is 1.71. The van der Waals surface area contributed by atoms with Crippen LogP contribution in [-0.4, -0.2) is 24.7 Å². The molecule has 0 bridgehead atoms. The van der Waals surface area contributed by atoms with E-state index in [9.17, 15) is 4.39 Å². The Morgan fingerprint density at radius 2 is 2.04 bits per heavy atom. The molecule has 4 aromatic heterocycles. The van der Waals surface area contributed by atoms with E-state index in [1.807, 2.05) is 19.9 Å². The van der Waals surface area contributed by atoms with Crippen molar-refractivity contribution in [1.82, 2.24) is 24.7 Å². The fraction of sp³-hybridized carbons (Fsp3) is 0.158. The quantitative estimate of drug-likeness (QED) is 0.597. The molecule has 0 aliphatic heterocycles. The van der Waals surface area contributed by atoms with Crippen molar-refractivity contribution in [3.63, 3.8) is 0 Å². The van der Waals surface area contributed by atoms with Crippen LogP contribution in [0.2, 0.25) is 0 Å². The van der Waals surface area contributed by atoms with E-state index < -0.39 is 11.9 Å². The predicted molar refractivity (Wildman–Crippen MR) is 99.0 cm³/mol. The third-order valence-electron chi connectivity index (χ3n) is 4.13. The first-order valence-electron chi connectivity index (χ1n) is 8.36. The lowest BCUT2D eigenvalue weighted by Crippen LogP contribution is -2.12. The van der Waals surface area contributed by atoms with Gasteiger partial charge in [0.15, 0.2) is 11.6 Å². The molecule has 2 N–H and O–H groups in total. The third-order valence-corrected chi connectivity index (χ3v) is 4.13. The second-order valence-electron chi connectivity index (χ2n) is 6.16. The molecule has 0 aromatic carbocycles. The summed E-state index contributed by atoms with van der Waals surface area (Å²) in [6.45, 7) is 3.70. The van der Waals surface area contributed by atoms with Gasteiger partial charge < -0.3 is 10.5 Å². The number of hydrogen-bond acceptors (Lipinski definition) is 6. The summed E-state index contributed by atoms with van der Waals surface area (Å²) in [5, 5.41) is 4.97. The molecule has 0 fully saturated rings. The first-order chi connectivity index (χ1) is 13.0. The molecule has 1 atom stereocenters. The van der Waals surface area contributed by atoms with Crippen molar-refractivity contribution < 1.29 is 9.13 Å². The van der Waals surface area contributed by atoms with Crippen LogP contribution in [0.4, 0.5) is 10.2 Å². The Morgan fingerprint density at radius 1 is 1.19 bits per heavy atom. The van der Waals surface area contributed by atoms with E-state index in [2.05, 4.69) is 20.1 Å². The number of hydrogen-bond donors (Lipinski definition) is 1. The van der Waals surface area contributed by atoms with Crippen molar-refractivity contribution >= 4 is 16.7 Å². The van der Waals surface area contributed by atoms with Crippen molar-refractivity contribution in [3.05, 3.63) is 66.3 Å². The number of halogens is 1. The fourth-order valence-electron chi connectivity index (χ4n) is 2.85. The average molecular weight is 364 g/mol. The first kappa shape index (κ1) is 16.9. The zero-order chi connectivity index (χ0) is 19.0. The summed E-state index contributed by atoms with van der Waals surface area (Å²) in [5.41, 5.74) is 8.70. The molecule has 0 saturated carbocycles. The highest BCUT2D eigenvalue weighted by Gasteiger charge is 2.18. The summed E-state index contributed by atoms with van der Waals surface area (Å²) in [5.74, 6) is 0.227. The van der Waals surface area contributed by atoms with Gasteiger partial charge >= 0.3 is 0 Å². The van der Waals surface area contributed by atoms with Crippen LogP contribution >= 0.6 is 0 Å². The smallest absolute Gasteiger partial charge is 0.166 e. The number of fused-ring (bicyclic) bond motifs is 1. The molecule has 0 spiro atoms. The Bertz CT molecular complexity index is 1110. The highest BCUT2D eigenvalue weighted by Crippen LogP contribution is 2.30. The zero-order valence-corrected chi connectivity index (χ0v) is 14.8. The largest absolute Gasteiger partial charge is 0.480 e. The average Bonchev–Trinajstić information content (AvgIpc) is 3.17. The highest BCUT2D eigenvalue weighted by atomic mass is 19.1. The van der Waals surface area contributed by atoms with Gasteiger partial charge in [0.05, 0.1) is 17.4 Å². The minimum Gasteiger partial charge on any atom is -0.480 e. The number of pyridine rings is 3. The van der Waals surface area contributed by atoms with Crippen LogP contribution in [0.1, 0.15) is 24.4 Å². The summed E-state index contributed by atoms with van der Waals surface area (Å²) in [6.07, 6.45) is 5.69. The molecule has 4 rings (SSSR count). The third kappa shape index (κ3) is 3.29. The monoisotopic (exact) mass is 364 g/mol. The number of rotatable bonds is 4. The molecule has 0 aliphatic carbocycles. The van der Waals surface area contributed by atoms with E-state index in [0.717, 1.165) is 22.8 Å². The van der Waals surface area contributed by atoms with Crippen LogP contribution in [0, 0.1) is 12.7 Å².